The zero-order valence-corrected chi connectivity index (χ0v) is 12.6. The number of hydrogen-bond acceptors (Lipinski definition) is 3. The Morgan fingerprint density at radius 3 is 2.95 bits per heavy atom. The van der Waals surface area contributed by atoms with Crippen molar-refractivity contribution in [3.63, 3.8) is 0 Å². The Morgan fingerprint density at radius 1 is 1.27 bits per heavy atom. The van der Waals surface area contributed by atoms with E-state index in [0.717, 1.165) is 25.1 Å². The van der Waals surface area contributed by atoms with Gasteiger partial charge in [-0.1, -0.05) is 6.07 Å². The van der Waals surface area contributed by atoms with E-state index in [4.69, 9.17) is 0 Å². The molecule has 1 aliphatic heterocycles. The summed E-state index contributed by atoms with van der Waals surface area (Å²) in [5.74, 6) is -0.197. The van der Waals surface area contributed by atoms with Gasteiger partial charge in [-0.15, -0.1) is 0 Å². The summed E-state index contributed by atoms with van der Waals surface area (Å²) >= 11 is 0. The molecule has 3 rings (SSSR count). The van der Waals surface area contributed by atoms with Crippen LogP contribution in [0.4, 0.5) is 11.4 Å². The number of nitrogens with one attached hydrogen (secondary N) is 1. The van der Waals surface area contributed by atoms with Gasteiger partial charge < -0.3 is 14.8 Å². The summed E-state index contributed by atoms with van der Waals surface area (Å²) in [4.78, 5) is 25.9. The van der Waals surface area contributed by atoms with E-state index in [0.29, 0.717) is 0 Å². The van der Waals surface area contributed by atoms with E-state index in [2.05, 4.69) is 17.3 Å². The fourth-order valence-electron chi connectivity index (χ4n) is 2.81. The van der Waals surface area contributed by atoms with Crippen molar-refractivity contribution in [2.45, 2.75) is 19.4 Å². The molecule has 5 heteroatoms. The molecule has 0 spiro atoms. The molecule has 1 aliphatic rings. The van der Waals surface area contributed by atoms with Crippen LogP contribution < -0.4 is 15.8 Å². The Balaban J connectivity index is 1.72. The lowest BCUT2D eigenvalue weighted by atomic mass is 10.0. The summed E-state index contributed by atoms with van der Waals surface area (Å²) in [5, 5.41) is 2.87. The minimum Gasteiger partial charge on any atom is -0.374 e. The van der Waals surface area contributed by atoms with E-state index >= 15 is 0 Å². The maximum atomic E-state index is 12.1. The maximum absolute atomic E-state index is 12.1. The normalized spacial score (nSPS) is 13.6. The molecule has 114 valence electrons. The highest BCUT2D eigenvalue weighted by atomic mass is 16.2. The molecule has 1 aromatic carbocycles. The molecule has 1 N–H and O–H groups in total. The van der Waals surface area contributed by atoms with Crippen LogP contribution >= 0.6 is 0 Å². The number of amides is 1. The van der Waals surface area contributed by atoms with Gasteiger partial charge in [0.1, 0.15) is 6.54 Å². The molecule has 22 heavy (non-hydrogen) atoms. The van der Waals surface area contributed by atoms with E-state index in [-0.39, 0.29) is 18.0 Å². The molecule has 1 amide bonds. The van der Waals surface area contributed by atoms with Crippen LogP contribution in [-0.2, 0) is 17.8 Å². The van der Waals surface area contributed by atoms with Gasteiger partial charge in [-0.2, -0.15) is 0 Å². The number of benzene rings is 1. The largest absolute Gasteiger partial charge is 0.374 e. The number of aromatic nitrogens is 1. The highest BCUT2D eigenvalue weighted by Gasteiger charge is 2.14. The van der Waals surface area contributed by atoms with E-state index in [9.17, 15) is 9.59 Å². The SMILES string of the molecule is CN1CCCc2cc(NC(=O)Cn3ccccc3=O)ccc21. The molecule has 1 aromatic heterocycles. The van der Waals surface area contributed by atoms with Gasteiger partial charge in [0.2, 0.25) is 5.91 Å². The summed E-state index contributed by atoms with van der Waals surface area (Å²) in [6.45, 7) is 1.09. The van der Waals surface area contributed by atoms with E-state index < -0.39 is 0 Å². The molecule has 2 heterocycles. The molecule has 0 aliphatic carbocycles. The summed E-state index contributed by atoms with van der Waals surface area (Å²) < 4.78 is 1.39. The Labute approximate surface area is 129 Å². The number of pyridine rings is 1. The van der Waals surface area contributed by atoms with Crippen molar-refractivity contribution in [1.82, 2.24) is 4.57 Å². The number of nitrogens with zero attached hydrogens (tertiary/aromatic N) is 2. The topological polar surface area (TPSA) is 54.3 Å². The lowest BCUT2D eigenvalue weighted by Gasteiger charge is -2.27. The average Bonchev–Trinajstić information content (AvgIpc) is 2.50. The maximum Gasteiger partial charge on any atom is 0.250 e. The Kier molecular flexibility index (Phi) is 3.96. The summed E-state index contributed by atoms with van der Waals surface area (Å²) in [6.07, 6.45) is 3.77. The Hall–Kier alpha value is -2.56. The fraction of sp³-hybridized carbons (Fsp3) is 0.294. The molecular formula is C17H19N3O2. The Bertz CT molecular complexity index is 752. The lowest BCUT2D eigenvalue weighted by molar-refractivity contribution is -0.116. The van der Waals surface area contributed by atoms with Crippen LogP contribution in [0.25, 0.3) is 0 Å². The highest BCUT2D eigenvalue weighted by molar-refractivity contribution is 5.91. The zero-order chi connectivity index (χ0) is 15.5. The van der Waals surface area contributed by atoms with Crippen molar-refractivity contribution in [2.24, 2.45) is 0 Å². The van der Waals surface area contributed by atoms with Crippen LogP contribution in [0.2, 0.25) is 0 Å². The van der Waals surface area contributed by atoms with Crippen molar-refractivity contribution in [2.75, 3.05) is 23.8 Å². The van der Waals surface area contributed by atoms with Gasteiger partial charge in [-0.05, 0) is 42.7 Å². The first kappa shape index (κ1) is 14.4. The molecule has 0 fully saturated rings. The first-order valence-electron chi connectivity index (χ1n) is 7.43. The van der Waals surface area contributed by atoms with Gasteiger partial charge in [0.05, 0.1) is 0 Å². The molecule has 2 aromatic rings. The zero-order valence-electron chi connectivity index (χ0n) is 12.6. The summed E-state index contributed by atoms with van der Waals surface area (Å²) in [5.41, 5.74) is 3.08. The van der Waals surface area contributed by atoms with Crippen molar-refractivity contribution in [1.29, 1.82) is 0 Å². The average molecular weight is 297 g/mol. The van der Waals surface area contributed by atoms with Crippen molar-refractivity contribution >= 4 is 17.3 Å². The molecule has 0 atom stereocenters. The van der Waals surface area contributed by atoms with Crippen molar-refractivity contribution in [3.8, 4) is 0 Å². The molecule has 0 unspecified atom stereocenters. The second-order valence-corrected chi connectivity index (χ2v) is 5.58. The van der Waals surface area contributed by atoms with Gasteiger partial charge in [-0.25, -0.2) is 0 Å². The third-order valence-corrected chi connectivity index (χ3v) is 3.93. The summed E-state index contributed by atoms with van der Waals surface area (Å²) in [6, 6.07) is 10.8. The third kappa shape index (κ3) is 3.03. The molecule has 0 saturated heterocycles. The van der Waals surface area contributed by atoms with E-state index in [1.165, 1.54) is 21.9 Å². The smallest absolute Gasteiger partial charge is 0.250 e. The van der Waals surface area contributed by atoms with Crippen LogP contribution in [0.5, 0.6) is 0 Å². The van der Waals surface area contributed by atoms with Gasteiger partial charge in [0.25, 0.3) is 5.56 Å². The quantitative estimate of drug-likeness (QED) is 0.941. The summed E-state index contributed by atoms with van der Waals surface area (Å²) in [7, 11) is 2.08. The number of fused-ring (bicyclic) bond motifs is 1. The number of carbonyl (C=O) groups excluding carboxylic acids is 1. The molecule has 0 saturated carbocycles. The Morgan fingerprint density at radius 2 is 2.14 bits per heavy atom. The van der Waals surface area contributed by atoms with Gasteiger partial charge in [0.15, 0.2) is 0 Å². The predicted molar refractivity (Wildman–Crippen MR) is 87.4 cm³/mol. The highest BCUT2D eigenvalue weighted by Crippen LogP contribution is 2.28. The second kappa shape index (κ2) is 6.05. The van der Waals surface area contributed by atoms with Crippen LogP contribution in [0.3, 0.4) is 0 Å². The second-order valence-electron chi connectivity index (χ2n) is 5.58. The van der Waals surface area contributed by atoms with E-state index in [1.807, 2.05) is 18.2 Å². The number of rotatable bonds is 3. The number of anilines is 2. The monoisotopic (exact) mass is 297 g/mol. The number of hydrogen-bond donors (Lipinski definition) is 1. The molecular weight excluding hydrogens is 278 g/mol. The first-order valence-corrected chi connectivity index (χ1v) is 7.43. The molecule has 0 radical (unpaired) electrons. The van der Waals surface area contributed by atoms with E-state index in [1.54, 1.807) is 18.3 Å². The van der Waals surface area contributed by atoms with Crippen LogP contribution in [-0.4, -0.2) is 24.1 Å². The minimum atomic E-state index is -0.197. The minimum absolute atomic E-state index is 0.0245. The first-order chi connectivity index (χ1) is 10.6. The van der Waals surface area contributed by atoms with Crippen LogP contribution in [0.15, 0.2) is 47.4 Å². The predicted octanol–water partition coefficient (Wildman–Crippen LogP) is 1.87. The number of carbonyl (C=O) groups is 1. The lowest BCUT2D eigenvalue weighted by Crippen LogP contribution is -2.27. The van der Waals surface area contributed by atoms with Crippen molar-refractivity contribution in [3.05, 3.63) is 58.5 Å². The van der Waals surface area contributed by atoms with Crippen LogP contribution in [0, 0.1) is 0 Å². The number of aryl methyl sites for hydroxylation is 1. The molecule has 5 nitrogen and oxygen atoms in total. The standard InChI is InChI=1S/C17H19N3O2/c1-19-9-4-5-13-11-14(7-8-15(13)19)18-16(21)12-20-10-3-2-6-17(20)22/h2-3,6-8,10-11H,4-5,9,12H2,1H3,(H,18,21). The van der Waals surface area contributed by atoms with Crippen LogP contribution in [0.1, 0.15) is 12.0 Å². The van der Waals surface area contributed by atoms with Crippen molar-refractivity contribution < 1.29 is 4.79 Å². The molecule has 0 bridgehead atoms. The fourth-order valence-corrected chi connectivity index (χ4v) is 2.81. The third-order valence-electron chi connectivity index (χ3n) is 3.93. The van der Waals surface area contributed by atoms with Gasteiger partial charge in [-0.3, -0.25) is 9.59 Å². The van der Waals surface area contributed by atoms with Gasteiger partial charge >= 0.3 is 0 Å². The van der Waals surface area contributed by atoms with Gasteiger partial charge in [0, 0.05) is 37.2 Å².